The summed E-state index contributed by atoms with van der Waals surface area (Å²) in [6.45, 7) is 5.24. The number of hydrogen-bond donors (Lipinski definition) is 1. The highest BCUT2D eigenvalue weighted by molar-refractivity contribution is 6.30. The highest BCUT2D eigenvalue weighted by Gasteiger charge is 2.39. The van der Waals surface area contributed by atoms with Gasteiger partial charge in [-0.25, -0.2) is 15.1 Å². The van der Waals surface area contributed by atoms with Crippen LogP contribution in [0.15, 0.2) is 40.7 Å². The van der Waals surface area contributed by atoms with Gasteiger partial charge < -0.3 is 14.4 Å². The molecule has 2 aromatic rings. The molecule has 8 nitrogen and oxygen atoms in total. The Labute approximate surface area is 173 Å². The van der Waals surface area contributed by atoms with Crippen LogP contribution in [0.1, 0.15) is 22.6 Å². The van der Waals surface area contributed by atoms with Crippen LogP contribution in [0.3, 0.4) is 0 Å². The fourth-order valence-corrected chi connectivity index (χ4v) is 3.77. The molecule has 0 radical (unpaired) electrons. The van der Waals surface area contributed by atoms with Crippen LogP contribution in [0.25, 0.3) is 0 Å². The van der Waals surface area contributed by atoms with E-state index in [2.05, 4.69) is 10.6 Å². The lowest BCUT2D eigenvalue weighted by Crippen LogP contribution is -2.35. The van der Waals surface area contributed by atoms with Gasteiger partial charge in [-0.05, 0) is 38.0 Å². The molecule has 4 rings (SSSR count). The first-order chi connectivity index (χ1) is 13.9. The standard InChI is InChI=1S/C20H22ClN5O3/c1-13-18(14(2)29-23-13)11-25-10-17(9-22-25)26-19(27)12-24(20(26)28)7-6-15-4-3-5-16(21)8-15/h3-5,8,10,22H,6-7,9,11-12H2,1-2H3. The van der Waals surface area contributed by atoms with Crippen molar-refractivity contribution in [2.45, 2.75) is 26.8 Å². The van der Waals surface area contributed by atoms with E-state index in [9.17, 15) is 9.59 Å². The molecule has 9 heteroatoms. The molecule has 1 N–H and O–H groups in total. The summed E-state index contributed by atoms with van der Waals surface area (Å²) in [5, 5.41) is 6.46. The minimum atomic E-state index is -0.288. The molecule has 0 unspecified atom stereocenters. The number of carbonyl (C=O) groups excluding carboxylic acids is 2. The fourth-order valence-electron chi connectivity index (χ4n) is 3.55. The summed E-state index contributed by atoms with van der Waals surface area (Å²) in [6.07, 6.45) is 2.44. The highest BCUT2D eigenvalue weighted by atomic mass is 35.5. The molecule has 0 saturated carbocycles. The lowest BCUT2D eigenvalue weighted by Gasteiger charge is -2.17. The molecule has 1 saturated heterocycles. The summed E-state index contributed by atoms with van der Waals surface area (Å²) >= 11 is 6.01. The number of amides is 3. The Kier molecular flexibility index (Phi) is 5.29. The summed E-state index contributed by atoms with van der Waals surface area (Å²) in [5.41, 5.74) is 6.66. The number of imide groups is 1. The number of nitrogens with one attached hydrogen (secondary N) is 1. The number of carbonyl (C=O) groups is 2. The van der Waals surface area contributed by atoms with Crippen LogP contribution >= 0.6 is 11.6 Å². The molecule has 0 aliphatic carbocycles. The van der Waals surface area contributed by atoms with E-state index in [1.165, 1.54) is 4.90 Å². The fraction of sp³-hybridized carbons (Fsp3) is 0.350. The van der Waals surface area contributed by atoms with Gasteiger partial charge in [-0.3, -0.25) is 4.79 Å². The molecule has 3 heterocycles. The van der Waals surface area contributed by atoms with Gasteiger partial charge in [0.25, 0.3) is 5.91 Å². The Hall–Kier alpha value is -2.84. The van der Waals surface area contributed by atoms with Crippen LogP contribution in [0.5, 0.6) is 0 Å². The zero-order valence-corrected chi connectivity index (χ0v) is 17.1. The van der Waals surface area contributed by atoms with Gasteiger partial charge in [0.2, 0.25) is 0 Å². The summed E-state index contributed by atoms with van der Waals surface area (Å²) < 4.78 is 5.19. The largest absolute Gasteiger partial charge is 0.361 e. The van der Waals surface area contributed by atoms with Crippen LogP contribution in [-0.2, 0) is 17.8 Å². The maximum absolute atomic E-state index is 12.8. The summed E-state index contributed by atoms with van der Waals surface area (Å²) in [5.74, 6) is 0.542. The average molecular weight is 416 g/mol. The van der Waals surface area contributed by atoms with Gasteiger partial charge in [-0.1, -0.05) is 28.9 Å². The second-order valence-electron chi connectivity index (χ2n) is 7.20. The van der Waals surface area contributed by atoms with Crippen molar-refractivity contribution in [3.63, 3.8) is 0 Å². The van der Waals surface area contributed by atoms with Crippen molar-refractivity contribution < 1.29 is 14.1 Å². The molecule has 0 atom stereocenters. The number of aromatic nitrogens is 1. The SMILES string of the molecule is Cc1noc(C)c1CN1C=C(N2C(=O)CN(CCc3cccc(Cl)c3)C2=O)CN1. The second-order valence-corrected chi connectivity index (χ2v) is 7.64. The Morgan fingerprint density at radius 3 is 2.83 bits per heavy atom. The third-order valence-corrected chi connectivity index (χ3v) is 5.40. The predicted octanol–water partition coefficient (Wildman–Crippen LogP) is 2.61. The number of hydrogen-bond acceptors (Lipinski definition) is 6. The van der Waals surface area contributed by atoms with Crippen LogP contribution in [0, 0.1) is 13.8 Å². The van der Waals surface area contributed by atoms with E-state index in [1.54, 1.807) is 11.1 Å². The summed E-state index contributed by atoms with van der Waals surface area (Å²) in [7, 11) is 0. The molecule has 1 fully saturated rings. The van der Waals surface area contributed by atoms with Crippen LogP contribution in [0.2, 0.25) is 5.02 Å². The number of hydrazine groups is 1. The van der Waals surface area contributed by atoms with Gasteiger partial charge in [-0.15, -0.1) is 0 Å². The zero-order valence-electron chi connectivity index (χ0n) is 16.3. The first-order valence-electron chi connectivity index (χ1n) is 9.41. The number of halogens is 1. The minimum absolute atomic E-state index is 0.0839. The Morgan fingerprint density at radius 1 is 1.28 bits per heavy atom. The van der Waals surface area contributed by atoms with Crippen LogP contribution in [-0.4, -0.2) is 51.5 Å². The lowest BCUT2D eigenvalue weighted by molar-refractivity contribution is -0.124. The Bertz CT molecular complexity index is 967. The van der Waals surface area contributed by atoms with Crippen molar-refractivity contribution in [3.05, 3.63) is 63.8 Å². The van der Waals surface area contributed by atoms with Crippen LogP contribution in [0.4, 0.5) is 4.79 Å². The van der Waals surface area contributed by atoms with Crippen molar-refractivity contribution in [2.75, 3.05) is 19.6 Å². The number of urea groups is 1. The topological polar surface area (TPSA) is 81.9 Å². The molecular weight excluding hydrogens is 394 g/mol. The van der Waals surface area contributed by atoms with Crippen molar-refractivity contribution >= 4 is 23.5 Å². The van der Waals surface area contributed by atoms with E-state index in [4.69, 9.17) is 16.1 Å². The van der Waals surface area contributed by atoms with E-state index < -0.39 is 0 Å². The number of nitrogens with zero attached hydrogens (tertiary/aromatic N) is 4. The van der Waals surface area contributed by atoms with E-state index >= 15 is 0 Å². The smallest absolute Gasteiger partial charge is 0.331 e. The quantitative estimate of drug-likeness (QED) is 0.730. The molecular formula is C20H22ClN5O3. The maximum Gasteiger partial charge on any atom is 0.331 e. The number of benzene rings is 1. The normalized spacial score (nSPS) is 16.9. The van der Waals surface area contributed by atoms with E-state index in [0.717, 1.165) is 22.6 Å². The van der Waals surface area contributed by atoms with Crippen molar-refractivity contribution in [2.24, 2.45) is 0 Å². The van der Waals surface area contributed by atoms with Gasteiger partial charge in [0.05, 0.1) is 24.5 Å². The zero-order chi connectivity index (χ0) is 20.5. The van der Waals surface area contributed by atoms with Crippen molar-refractivity contribution in [1.29, 1.82) is 0 Å². The summed E-state index contributed by atoms with van der Waals surface area (Å²) in [4.78, 5) is 28.2. The maximum atomic E-state index is 12.8. The molecule has 0 bridgehead atoms. The lowest BCUT2D eigenvalue weighted by atomic mass is 10.1. The molecule has 3 amide bonds. The van der Waals surface area contributed by atoms with Gasteiger partial charge in [0.15, 0.2) is 0 Å². The van der Waals surface area contributed by atoms with Gasteiger partial charge in [0, 0.05) is 23.3 Å². The average Bonchev–Trinajstić information content (AvgIpc) is 3.34. The molecule has 2 aliphatic rings. The van der Waals surface area contributed by atoms with Crippen LogP contribution < -0.4 is 5.43 Å². The molecule has 152 valence electrons. The third-order valence-electron chi connectivity index (χ3n) is 5.16. The number of aryl methyl sites for hydroxylation is 2. The molecule has 0 spiro atoms. The van der Waals surface area contributed by atoms with Gasteiger partial charge in [-0.2, -0.15) is 0 Å². The predicted molar refractivity (Wildman–Crippen MR) is 107 cm³/mol. The number of rotatable bonds is 6. The van der Waals surface area contributed by atoms with Gasteiger partial charge >= 0.3 is 6.03 Å². The second kappa shape index (κ2) is 7.88. The van der Waals surface area contributed by atoms with E-state index in [-0.39, 0.29) is 18.5 Å². The molecule has 2 aliphatic heterocycles. The first-order valence-corrected chi connectivity index (χ1v) is 9.79. The third kappa shape index (κ3) is 3.99. The molecule has 29 heavy (non-hydrogen) atoms. The van der Waals surface area contributed by atoms with E-state index in [1.807, 2.05) is 43.1 Å². The highest BCUT2D eigenvalue weighted by Crippen LogP contribution is 2.22. The van der Waals surface area contributed by atoms with Crippen molar-refractivity contribution in [1.82, 2.24) is 25.4 Å². The first kappa shape index (κ1) is 19.5. The van der Waals surface area contributed by atoms with Gasteiger partial charge in [0.1, 0.15) is 12.3 Å². The minimum Gasteiger partial charge on any atom is -0.361 e. The summed E-state index contributed by atoms with van der Waals surface area (Å²) in [6, 6.07) is 7.23. The molecule has 1 aromatic heterocycles. The Morgan fingerprint density at radius 2 is 2.10 bits per heavy atom. The van der Waals surface area contributed by atoms with E-state index in [0.29, 0.717) is 36.8 Å². The molecule has 1 aromatic carbocycles. The Balaban J connectivity index is 1.41. The monoisotopic (exact) mass is 415 g/mol. The van der Waals surface area contributed by atoms with Crippen molar-refractivity contribution in [3.8, 4) is 0 Å².